The van der Waals surface area contributed by atoms with Crippen molar-refractivity contribution < 1.29 is 9.90 Å². The van der Waals surface area contributed by atoms with E-state index in [2.05, 4.69) is 45.6 Å². The molecule has 0 spiro atoms. The number of amides is 1. The molecule has 5 nitrogen and oxygen atoms in total. The first-order chi connectivity index (χ1) is 11.1. The largest absolute Gasteiger partial charge is 0.465 e. The van der Waals surface area contributed by atoms with Crippen LogP contribution in [0.2, 0.25) is 5.02 Å². The number of carbonyl (C=O) groups is 1. The molecule has 118 valence electrons. The van der Waals surface area contributed by atoms with E-state index >= 15 is 0 Å². The number of aromatic amines is 1. The highest BCUT2D eigenvalue weighted by Gasteiger charge is 2.22. The van der Waals surface area contributed by atoms with Crippen molar-refractivity contribution in [2.24, 2.45) is 0 Å². The summed E-state index contributed by atoms with van der Waals surface area (Å²) in [6.45, 7) is 0. The zero-order valence-electron chi connectivity index (χ0n) is 12.3. The Morgan fingerprint density at radius 3 is 2.61 bits per heavy atom. The molecule has 3 N–H and O–H groups in total. The van der Waals surface area contributed by atoms with E-state index in [-0.39, 0.29) is 5.95 Å². The molecule has 1 amide bonds. The summed E-state index contributed by atoms with van der Waals surface area (Å²) >= 11 is 5.75. The normalized spacial score (nSPS) is 13.3. The fourth-order valence-corrected chi connectivity index (χ4v) is 2.46. The van der Waals surface area contributed by atoms with Crippen LogP contribution in [0.15, 0.2) is 48.5 Å². The van der Waals surface area contributed by atoms with E-state index < -0.39 is 6.09 Å². The van der Waals surface area contributed by atoms with E-state index in [1.807, 2.05) is 0 Å². The second kappa shape index (κ2) is 6.71. The third-order valence-electron chi connectivity index (χ3n) is 3.52. The summed E-state index contributed by atoms with van der Waals surface area (Å²) in [6, 6.07) is 15.8. The van der Waals surface area contributed by atoms with E-state index in [0.717, 1.165) is 5.92 Å². The monoisotopic (exact) mass is 329 g/mol. The molecular weight excluding hydrogens is 314 g/mol. The van der Waals surface area contributed by atoms with Gasteiger partial charge in [0.15, 0.2) is 0 Å². The zero-order chi connectivity index (χ0) is 16.2. The minimum atomic E-state index is -1.16. The Labute approximate surface area is 138 Å². The molecule has 0 atom stereocenters. The second-order valence-electron chi connectivity index (χ2n) is 5.36. The third-order valence-corrected chi connectivity index (χ3v) is 3.75. The number of carboxylic acid groups (broad SMARTS) is 1. The molecule has 1 aliphatic rings. The SMILES string of the molecule is O=C(O)Nc1nc2ccc(Cl)cc2[nH]1.c1ccc(C2CC2)cc1. The molecule has 23 heavy (non-hydrogen) atoms. The molecule has 1 fully saturated rings. The summed E-state index contributed by atoms with van der Waals surface area (Å²) in [4.78, 5) is 17.1. The molecule has 2 aromatic carbocycles. The van der Waals surface area contributed by atoms with Crippen LogP contribution in [0.5, 0.6) is 0 Å². The topological polar surface area (TPSA) is 78.0 Å². The average Bonchev–Trinajstić information content (AvgIpc) is 3.30. The Hall–Kier alpha value is -2.53. The summed E-state index contributed by atoms with van der Waals surface area (Å²) in [5.74, 6) is 1.10. The molecule has 1 saturated carbocycles. The first-order valence-corrected chi connectivity index (χ1v) is 7.70. The highest BCUT2D eigenvalue weighted by molar-refractivity contribution is 6.31. The van der Waals surface area contributed by atoms with Gasteiger partial charge in [-0.05, 0) is 42.5 Å². The van der Waals surface area contributed by atoms with Crippen LogP contribution in [0, 0.1) is 0 Å². The first kappa shape index (κ1) is 15.4. The Balaban J connectivity index is 0.000000149. The smallest absolute Gasteiger partial charge is 0.411 e. The lowest BCUT2D eigenvalue weighted by molar-refractivity contribution is 0.209. The van der Waals surface area contributed by atoms with Crippen LogP contribution in [-0.2, 0) is 0 Å². The quantitative estimate of drug-likeness (QED) is 0.627. The maximum Gasteiger partial charge on any atom is 0.411 e. The number of H-pyrrole nitrogens is 1. The van der Waals surface area contributed by atoms with Crippen molar-refractivity contribution in [1.82, 2.24) is 9.97 Å². The number of anilines is 1. The lowest BCUT2D eigenvalue weighted by Gasteiger charge is -1.92. The van der Waals surface area contributed by atoms with Gasteiger partial charge in [-0.3, -0.25) is 5.32 Å². The van der Waals surface area contributed by atoms with Gasteiger partial charge in [-0.1, -0.05) is 41.9 Å². The van der Waals surface area contributed by atoms with E-state index in [4.69, 9.17) is 16.7 Å². The molecule has 1 aliphatic carbocycles. The molecule has 4 rings (SSSR count). The van der Waals surface area contributed by atoms with E-state index in [1.54, 1.807) is 18.2 Å². The molecule has 0 saturated heterocycles. The lowest BCUT2D eigenvalue weighted by atomic mass is 10.1. The van der Waals surface area contributed by atoms with Crippen LogP contribution in [0.1, 0.15) is 24.3 Å². The van der Waals surface area contributed by atoms with Gasteiger partial charge in [0.25, 0.3) is 0 Å². The fourth-order valence-electron chi connectivity index (χ4n) is 2.28. The predicted octanol–water partition coefficient (Wildman–Crippen LogP) is 4.87. The van der Waals surface area contributed by atoms with Gasteiger partial charge in [-0.25, -0.2) is 9.78 Å². The maximum atomic E-state index is 10.3. The minimum absolute atomic E-state index is 0.190. The number of hydrogen-bond acceptors (Lipinski definition) is 2. The molecule has 0 aliphatic heterocycles. The summed E-state index contributed by atoms with van der Waals surface area (Å²) in [5.41, 5.74) is 2.89. The molecule has 0 bridgehead atoms. The second-order valence-corrected chi connectivity index (χ2v) is 5.80. The number of aromatic nitrogens is 2. The molecule has 6 heteroatoms. The summed E-state index contributed by atoms with van der Waals surface area (Å²) < 4.78 is 0. The van der Waals surface area contributed by atoms with Crippen molar-refractivity contribution >= 4 is 34.7 Å². The number of hydrogen-bond donors (Lipinski definition) is 3. The van der Waals surface area contributed by atoms with Crippen molar-refractivity contribution in [2.75, 3.05) is 5.32 Å². The van der Waals surface area contributed by atoms with Crippen LogP contribution in [0.3, 0.4) is 0 Å². The standard InChI is InChI=1S/C9H10.C8H6ClN3O2/c1-2-4-8(5-3-1)9-6-7-9;9-4-1-2-5-6(3-4)11-7(10-5)12-8(13)14/h1-5,9H,6-7H2;1-3H,(H,13,14)(H2,10,11,12). The summed E-state index contributed by atoms with van der Waals surface area (Å²) in [6.07, 6.45) is 1.66. The highest BCUT2D eigenvalue weighted by atomic mass is 35.5. The maximum absolute atomic E-state index is 10.3. The molecular formula is C17H16ClN3O2. The van der Waals surface area contributed by atoms with Crippen molar-refractivity contribution in [3.05, 3.63) is 59.1 Å². The van der Waals surface area contributed by atoms with E-state index in [9.17, 15) is 4.79 Å². The highest BCUT2D eigenvalue weighted by Crippen LogP contribution is 2.39. The van der Waals surface area contributed by atoms with Gasteiger partial charge >= 0.3 is 6.09 Å². The van der Waals surface area contributed by atoms with Crippen LogP contribution >= 0.6 is 11.6 Å². The minimum Gasteiger partial charge on any atom is -0.465 e. The molecule has 3 aromatic rings. The van der Waals surface area contributed by atoms with Crippen LogP contribution in [0.25, 0.3) is 11.0 Å². The summed E-state index contributed by atoms with van der Waals surface area (Å²) in [7, 11) is 0. The Kier molecular flexibility index (Phi) is 4.48. The van der Waals surface area contributed by atoms with Gasteiger partial charge in [-0.2, -0.15) is 0 Å². The molecule has 0 unspecified atom stereocenters. The number of rotatable bonds is 2. The molecule has 1 heterocycles. The van der Waals surface area contributed by atoms with Crippen molar-refractivity contribution in [3.63, 3.8) is 0 Å². The Morgan fingerprint density at radius 2 is 1.96 bits per heavy atom. The van der Waals surface area contributed by atoms with Gasteiger partial charge in [0.2, 0.25) is 5.95 Å². The zero-order valence-corrected chi connectivity index (χ0v) is 13.0. The first-order valence-electron chi connectivity index (χ1n) is 7.32. The number of fused-ring (bicyclic) bond motifs is 1. The molecule has 1 aromatic heterocycles. The number of nitrogens with zero attached hydrogens (tertiary/aromatic N) is 1. The lowest BCUT2D eigenvalue weighted by Crippen LogP contribution is -2.08. The predicted molar refractivity (Wildman–Crippen MR) is 91.2 cm³/mol. The van der Waals surface area contributed by atoms with Crippen molar-refractivity contribution in [1.29, 1.82) is 0 Å². The van der Waals surface area contributed by atoms with Crippen molar-refractivity contribution in [3.8, 4) is 0 Å². The summed E-state index contributed by atoms with van der Waals surface area (Å²) in [5, 5.41) is 11.1. The van der Waals surface area contributed by atoms with E-state index in [1.165, 1.54) is 18.4 Å². The van der Waals surface area contributed by atoms with Crippen LogP contribution < -0.4 is 5.32 Å². The van der Waals surface area contributed by atoms with Crippen LogP contribution in [-0.4, -0.2) is 21.2 Å². The van der Waals surface area contributed by atoms with Gasteiger partial charge in [0, 0.05) is 5.02 Å². The number of halogens is 1. The average molecular weight is 330 g/mol. The van der Waals surface area contributed by atoms with Gasteiger partial charge < -0.3 is 10.1 Å². The van der Waals surface area contributed by atoms with Gasteiger partial charge in [-0.15, -0.1) is 0 Å². The van der Waals surface area contributed by atoms with Crippen molar-refractivity contribution in [2.45, 2.75) is 18.8 Å². The number of imidazole rings is 1. The van der Waals surface area contributed by atoms with Gasteiger partial charge in [0.05, 0.1) is 11.0 Å². The Bertz CT molecular complexity index is 813. The Morgan fingerprint density at radius 1 is 1.22 bits per heavy atom. The number of benzene rings is 2. The number of nitrogens with one attached hydrogen (secondary N) is 2. The van der Waals surface area contributed by atoms with Crippen LogP contribution in [0.4, 0.5) is 10.7 Å². The molecule has 0 radical (unpaired) electrons. The van der Waals surface area contributed by atoms with Gasteiger partial charge in [0.1, 0.15) is 0 Å². The third kappa shape index (κ3) is 4.23. The van der Waals surface area contributed by atoms with E-state index in [0.29, 0.717) is 16.1 Å². The fraction of sp³-hybridized carbons (Fsp3) is 0.176.